The molecule has 3 aliphatic rings. The predicted octanol–water partition coefficient (Wildman–Crippen LogP) is 2.97. The zero-order valence-electron chi connectivity index (χ0n) is 22.8. The van der Waals surface area contributed by atoms with Gasteiger partial charge >= 0.3 is 0 Å². The zero-order chi connectivity index (χ0) is 27.4. The number of hydrazine groups is 1. The van der Waals surface area contributed by atoms with Gasteiger partial charge in [0.1, 0.15) is 5.82 Å². The first-order chi connectivity index (χ1) is 18.2. The molecule has 2 saturated heterocycles. The zero-order valence-corrected chi connectivity index (χ0v) is 22.8. The first-order valence-corrected chi connectivity index (χ1v) is 13.5. The summed E-state index contributed by atoms with van der Waals surface area (Å²) < 4.78 is 0. The van der Waals surface area contributed by atoms with Gasteiger partial charge in [0.05, 0.1) is 18.3 Å². The fourth-order valence-electron chi connectivity index (χ4n) is 5.72. The van der Waals surface area contributed by atoms with Crippen LogP contribution in [0.1, 0.15) is 67.7 Å². The number of benzene rings is 1. The molecule has 3 heterocycles. The number of allylic oxidation sites excluding steroid dienone is 1. The van der Waals surface area contributed by atoms with Crippen LogP contribution >= 0.6 is 0 Å². The van der Waals surface area contributed by atoms with Crippen LogP contribution in [0.2, 0.25) is 0 Å². The number of piperidine rings is 1. The molecule has 2 unspecified atom stereocenters. The molecule has 38 heavy (non-hydrogen) atoms. The topological polar surface area (TPSA) is 135 Å². The summed E-state index contributed by atoms with van der Waals surface area (Å²) in [5.74, 6) is 7.34. The van der Waals surface area contributed by atoms with E-state index in [1.165, 1.54) is 42.1 Å². The van der Waals surface area contributed by atoms with Crippen LogP contribution in [-0.4, -0.2) is 52.3 Å². The number of fused-ring (bicyclic) bond motifs is 2. The van der Waals surface area contributed by atoms with E-state index in [9.17, 15) is 9.59 Å². The summed E-state index contributed by atoms with van der Waals surface area (Å²) in [4.78, 5) is 32.5. The number of carbonyl (C=O) groups excluding carboxylic acids is 2. The first kappa shape index (κ1) is 27.6. The van der Waals surface area contributed by atoms with Crippen LogP contribution in [0.5, 0.6) is 0 Å². The molecule has 2 aliphatic heterocycles. The lowest BCUT2D eigenvalue weighted by molar-refractivity contribution is -0.127. The Morgan fingerprint density at radius 2 is 1.97 bits per heavy atom. The Kier molecular flexibility index (Phi) is 8.69. The quantitative estimate of drug-likeness (QED) is 0.312. The Balaban J connectivity index is 0.000000253. The van der Waals surface area contributed by atoms with Crippen molar-refractivity contribution in [1.29, 1.82) is 0 Å². The molecule has 1 aliphatic carbocycles. The monoisotopic (exact) mass is 519 g/mol. The molecule has 1 aromatic heterocycles. The highest BCUT2D eigenvalue weighted by Gasteiger charge is 2.36. The van der Waals surface area contributed by atoms with Crippen molar-refractivity contribution in [3.63, 3.8) is 0 Å². The van der Waals surface area contributed by atoms with Crippen molar-refractivity contribution >= 4 is 23.2 Å². The molecule has 2 aromatic rings. The number of nitrogens with two attached hydrogens (primary N) is 3. The Morgan fingerprint density at radius 3 is 2.68 bits per heavy atom. The van der Waals surface area contributed by atoms with E-state index in [0.717, 1.165) is 61.5 Å². The van der Waals surface area contributed by atoms with E-state index in [1.807, 2.05) is 30.0 Å². The van der Waals surface area contributed by atoms with Gasteiger partial charge < -0.3 is 21.4 Å². The molecule has 9 nitrogen and oxygen atoms in total. The molecular formula is C29H41N7O2. The van der Waals surface area contributed by atoms with Gasteiger partial charge in [-0.25, -0.2) is 10.8 Å². The fourth-order valence-corrected chi connectivity index (χ4v) is 5.72. The van der Waals surface area contributed by atoms with E-state index in [2.05, 4.69) is 22.9 Å². The summed E-state index contributed by atoms with van der Waals surface area (Å²) in [5.41, 5.74) is 17.2. The number of nitrogen functional groups attached to an aromatic ring is 1. The largest absolute Gasteiger partial charge is 0.395 e. The number of hydrogen-bond donors (Lipinski definition) is 3. The molecule has 1 aromatic carbocycles. The number of hydrogen-bond acceptors (Lipinski definition) is 8. The van der Waals surface area contributed by atoms with Gasteiger partial charge in [-0.05, 0) is 79.5 Å². The van der Waals surface area contributed by atoms with Gasteiger partial charge in [0.25, 0.3) is 0 Å². The number of aryl methyl sites for hydroxylation is 1. The summed E-state index contributed by atoms with van der Waals surface area (Å²) in [6, 6.07) is 8.12. The van der Waals surface area contributed by atoms with Crippen molar-refractivity contribution in [2.45, 2.75) is 71.4 Å². The molecule has 0 saturated carbocycles. The van der Waals surface area contributed by atoms with Crippen LogP contribution in [0, 0.1) is 6.92 Å². The van der Waals surface area contributed by atoms with E-state index in [1.54, 1.807) is 6.20 Å². The van der Waals surface area contributed by atoms with E-state index in [-0.39, 0.29) is 23.4 Å². The average molecular weight is 520 g/mol. The lowest BCUT2D eigenvalue weighted by Gasteiger charge is -2.43. The standard InChI is InChI=1S/C20H29N5O2.C9H12N2/c1-14-11-16(12-24(22)13-17(21)15(2)26)6-7-18(14)25-10-9-23-8-4-3-5-19(23)20(25)27;1-6-2-3-8-7(6)4-5-11-9(8)10/h6-7,11,13,19H,3-5,8-10,12,21-22H2,1-2H3;4-6H,2-3H2,1H3,(H2,10,11)/b17-13-;. The normalized spacial score (nSPS) is 21.3. The van der Waals surface area contributed by atoms with Crippen molar-refractivity contribution in [2.75, 3.05) is 30.3 Å². The van der Waals surface area contributed by atoms with Crippen molar-refractivity contribution < 1.29 is 9.59 Å². The molecule has 2 fully saturated rings. The second-order valence-corrected chi connectivity index (χ2v) is 10.7. The number of carbonyl (C=O) groups is 2. The first-order valence-electron chi connectivity index (χ1n) is 13.5. The number of ketones is 1. The molecule has 9 heteroatoms. The molecule has 6 N–H and O–H groups in total. The van der Waals surface area contributed by atoms with E-state index in [4.69, 9.17) is 17.3 Å². The maximum absolute atomic E-state index is 13.0. The highest BCUT2D eigenvalue weighted by molar-refractivity contribution is 5.98. The number of aromatic nitrogens is 1. The molecule has 204 valence electrons. The van der Waals surface area contributed by atoms with Gasteiger partial charge in [0.2, 0.25) is 5.91 Å². The third kappa shape index (κ3) is 6.16. The smallest absolute Gasteiger partial charge is 0.244 e. The Bertz CT molecular complexity index is 1210. The number of Topliss-reactive ketones (excluding diaryl/α,β-unsaturated/α-hetero) is 1. The minimum atomic E-state index is -0.211. The molecule has 5 rings (SSSR count). The van der Waals surface area contributed by atoms with Gasteiger partial charge in [0.15, 0.2) is 5.78 Å². The average Bonchev–Trinajstić information content (AvgIpc) is 3.27. The van der Waals surface area contributed by atoms with Gasteiger partial charge in [0, 0.05) is 38.1 Å². The maximum atomic E-state index is 13.0. The van der Waals surface area contributed by atoms with Crippen molar-refractivity contribution in [2.24, 2.45) is 11.6 Å². The van der Waals surface area contributed by atoms with Crippen LogP contribution in [0.25, 0.3) is 0 Å². The van der Waals surface area contributed by atoms with E-state index in [0.29, 0.717) is 12.5 Å². The van der Waals surface area contributed by atoms with Gasteiger partial charge in [-0.1, -0.05) is 25.5 Å². The van der Waals surface area contributed by atoms with Gasteiger partial charge in [-0.15, -0.1) is 0 Å². The Hall–Kier alpha value is -3.43. The molecule has 0 bridgehead atoms. The number of pyridine rings is 1. The van der Waals surface area contributed by atoms with Crippen LogP contribution in [0.4, 0.5) is 11.5 Å². The molecular weight excluding hydrogens is 478 g/mol. The van der Waals surface area contributed by atoms with Gasteiger partial charge in [-0.3, -0.25) is 14.5 Å². The number of anilines is 2. The number of rotatable bonds is 5. The number of nitrogens with zero attached hydrogens (tertiary/aromatic N) is 4. The molecule has 1 amide bonds. The lowest BCUT2D eigenvalue weighted by atomic mass is 9.97. The Morgan fingerprint density at radius 1 is 1.18 bits per heavy atom. The van der Waals surface area contributed by atoms with E-state index >= 15 is 0 Å². The number of amides is 1. The SMILES string of the molecule is CC(=O)/C(N)=C/N(N)Cc1ccc(N2CCN3CCCCC3C2=O)c(C)c1.CC1CCc2c1ccnc2N. The number of piperazine rings is 1. The lowest BCUT2D eigenvalue weighted by Crippen LogP contribution is -2.58. The highest BCUT2D eigenvalue weighted by atomic mass is 16.2. The van der Waals surface area contributed by atoms with Crippen LogP contribution in [0.15, 0.2) is 42.4 Å². The Labute approximate surface area is 225 Å². The summed E-state index contributed by atoms with van der Waals surface area (Å²) in [5, 5.41) is 1.40. The highest BCUT2D eigenvalue weighted by Crippen LogP contribution is 2.34. The van der Waals surface area contributed by atoms with Crippen LogP contribution in [0.3, 0.4) is 0 Å². The van der Waals surface area contributed by atoms with E-state index < -0.39 is 0 Å². The third-order valence-corrected chi connectivity index (χ3v) is 7.89. The second kappa shape index (κ2) is 12.0. The minimum Gasteiger partial charge on any atom is -0.395 e. The second-order valence-electron chi connectivity index (χ2n) is 10.7. The minimum absolute atomic E-state index is 0.0332. The predicted molar refractivity (Wildman–Crippen MR) is 151 cm³/mol. The van der Waals surface area contributed by atoms with Crippen molar-refractivity contribution in [3.05, 3.63) is 64.6 Å². The van der Waals surface area contributed by atoms with Crippen LogP contribution < -0.4 is 22.2 Å². The molecule has 2 atom stereocenters. The van der Waals surface area contributed by atoms with Gasteiger partial charge in [-0.2, -0.15) is 0 Å². The summed E-state index contributed by atoms with van der Waals surface area (Å²) in [7, 11) is 0. The molecule has 0 radical (unpaired) electrons. The van der Waals surface area contributed by atoms with Crippen LogP contribution in [-0.2, 0) is 22.6 Å². The summed E-state index contributed by atoms with van der Waals surface area (Å²) in [6.07, 6.45) is 8.85. The van der Waals surface area contributed by atoms with Crippen molar-refractivity contribution in [3.8, 4) is 0 Å². The maximum Gasteiger partial charge on any atom is 0.244 e. The summed E-state index contributed by atoms with van der Waals surface area (Å²) in [6.45, 7) is 8.79. The summed E-state index contributed by atoms with van der Waals surface area (Å²) >= 11 is 0. The third-order valence-electron chi connectivity index (χ3n) is 7.89. The molecule has 0 spiro atoms. The fraction of sp³-hybridized carbons (Fsp3) is 0.483. The van der Waals surface area contributed by atoms with Crippen molar-refractivity contribution in [1.82, 2.24) is 14.9 Å².